The Morgan fingerprint density at radius 3 is 1.73 bits per heavy atom. The Bertz CT molecular complexity index is 2470. The van der Waals surface area contributed by atoms with Gasteiger partial charge in [0.25, 0.3) is 0 Å². The summed E-state index contributed by atoms with van der Waals surface area (Å²) < 4.78 is 2.58. The first-order valence-electron chi connectivity index (χ1n) is 14.6. The Morgan fingerprint density at radius 2 is 1.02 bits per heavy atom. The van der Waals surface area contributed by atoms with Gasteiger partial charge >= 0.3 is 0 Å². The Kier molecular flexibility index (Phi) is 5.89. The summed E-state index contributed by atoms with van der Waals surface area (Å²) in [6.45, 7) is 0. The summed E-state index contributed by atoms with van der Waals surface area (Å²) in [5.74, 6) is 1.56. The number of aromatic nitrogens is 6. The van der Waals surface area contributed by atoms with Gasteiger partial charge in [-0.05, 0) is 36.4 Å². The molecule has 0 saturated heterocycles. The number of nitrogens with zero attached hydrogens (tertiary/aromatic N) is 6. The third kappa shape index (κ3) is 4.32. The maximum Gasteiger partial charge on any atom is 0.182 e. The smallest absolute Gasteiger partial charge is 0.182 e. The highest BCUT2D eigenvalue weighted by molar-refractivity contribution is 7.26. The van der Waals surface area contributed by atoms with Crippen LogP contribution in [0.15, 0.2) is 134 Å². The maximum absolute atomic E-state index is 5.19. The quantitative estimate of drug-likeness (QED) is 0.189. The second-order valence-corrected chi connectivity index (χ2v) is 11.8. The van der Waals surface area contributed by atoms with E-state index in [1.165, 1.54) is 30.9 Å². The zero-order valence-corrected chi connectivity index (χ0v) is 24.6. The van der Waals surface area contributed by atoms with E-state index in [9.17, 15) is 0 Å². The number of fused-ring (bicyclic) bond motifs is 7. The molecule has 0 N–H and O–H groups in total. The largest absolute Gasteiger partial charge is 0.253 e. The van der Waals surface area contributed by atoms with Gasteiger partial charge in [0.2, 0.25) is 0 Å². The van der Waals surface area contributed by atoms with Crippen molar-refractivity contribution in [1.29, 1.82) is 0 Å². The zero-order valence-electron chi connectivity index (χ0n) is 23.8. The fourth-order valence-corrected chi connectivity index (χ4v) is 7.20. The van der Waals surface area contributed by atoms with E-state index in [1.807, 2.05) is 47.7 Å². The predicted octanol–water partition coefficient (Wildman–Crippen LogP) is 9.40. The predicted molar refractivity (Wildman–Crippen MR) is 183 cm³/mol. The lowest BCUT2D eigenvalue weighted by Gasteiger charge is -2.12. The number of para-hydroxylation sites is 1. The van der Waals surface area contributed by atoms with Gasteiger partial charge in [0.15, 0.2) is 17.5 Å². The molecule has 0 bridgehead atoms. The van der Waals surface area contributed by atoms with Crippen LogP contribution in [0.1, 0.15) is 0 Å². The van der Waals surface area contributed by atoms with Crippen molar-refractivity contribution in [2.45, 2.75) is 0 Å². The molecule has 0 atom stereocenters. The molecular weight excluding hydrogens is 573 g/mol. The van der Waals surface area contributed by atoms with E-state index in [4.69, 9.17) is 19.9 Å². The van der Waals surface area contributed by atoms with E-state index < -0.39 is 0 Å². The number of thiophene rings is 1. The molecule has 6 nitrogen and oxygen atoms in total. The highest BCUT2D eigenvalue weighted by Crippen LogP contribution is 2.43. The van der Waals surface area contributed by atoms with Gasteiger partial charge in [0.1, 0.15) is 11.4 Å². The molecule has 210 valence electrons. The van der Waals surface area contributed by atoms with E-state index in [2.05, 4.69) is 94.9 Å². The first-order chi connectivity index (χ1) is 22.3. The lowest BCUT2D eigenvalue weighted by molar-refractivity contribution is 1.05. The summed E-state index contributed by atoms with van der Waals surface area (Å²) in [4.78, 5) is 28.5. The molecule has 0 saturated carbocycles. The summed E-state index contributed by atoms with van der Waals surface area (Å²) in [6.07, 6.45) is 3.48. The molecule has 45 heavy (non-hydrogen) atoms. The number of hydrogen-bond acceptors (Lipinski definition) is 7. The summed E-state index contributed by atoms with van der Waals surface area (Å²) in [5.41, 5.74) is 5.18. The van der Waals surface area contributed by atoms with Crippen LogP contribution in [0.2, 0.25) is 0 Å². The second-order valence-electron chi connectivity index (χ2n) is 10.8. The molecule has 0 fully saturated rings. The van der Waals surface area contributed by atoms with Crippen molar-refractivity contribution in [3.05, 3.63) is 134 Å². The number of rotatable bonds is 4. The van der Waals surface area contributed by atoms with Crippen molar-refractivity contribution in [3.8, 4) is 45.7 Å². The maximum atomic E-state index is 5.19. The first-order valence-corrected chi connectivity index (χ1v) is 15.4. The summed E-state index contributed by atoms with van der Waals surface area (Å²) in [6, 6.07) is 41.2. The van der Waals surface area contributed by atoms with Crippen LogP contribution in [-0.2, 0) is 0 Å². The zero-order chi connectivity index (χ0) is 29.7. The van der Waals surface area contributed by atoms with Crippen molar-refractivity contribution in [2.75, 3.05) is 0 Å². The number of benzene rings is 4. The van der Waals surface area contributed by atoms with Gasteiger partial charge in [-0.25, -0.2) is 19.9 Å². The average Bonchev–Trinajstić information content (AvgIpc) is 3.51. The Balaban J connectivity index is 1.21. The van der Waals surface area contributed by atoms with Crippen LogP contribution in [0.5, 0.6) is 0 Å². The van der Waals surface area contributed by atoms with Crippen LogP contribution < -0.4 is 0 Å². The molecule has 0 amide bonds. The van der Waals surface area contributed by atoms with Gasteiger partial charge in [0, 0.05) is 59.9 Å². The summed E-state index contributed by atoms with van der Waals surface area (Å²) in [7, 11) is 0. The van der Waals surface area contributed by atoms with E-state index in [0.717, 1.165) is 27.7 Å². The van der Waals surface area contributed by atoms with Crippen LogP contribution in [-0.4, -0.2) is 29.9 Å². The van der Waals surface area contributed by atoms with E-state index >= 15 is 0 Å². The molecule has 0 radical (unpaired) electrons. The molecular formula is C38H22N6S. The van der Waals surface area contributed by atoms with Gasteiger partial charge in [-0.3, -0.25) is 9.97 Å². The minimum absolute atomic E-state index is 0.500. The lowest BCUT2D eigenvalue weighted by Crippen LogP contribution is -2.01. The minimum Gasteiger partial charge on any atom is -0.253 e. The highest BCUT2D eigenvalue weighted by atomic mass is 32.1. The third-order valence-electron chi connectivity index (χ3n) is 8.05. The third-order valence-corrected chi connectivity index (χ3v) is 9.25. The molecule has 0 spiro atoms. The van der Waals surface area contributed by atoms with Gasteiger partial charge in [0.05, 0.1) is 11.2 Å². The normalized spacial score (nSPS) is 11.6. The lowest BCUT2D eigenvalue weighted by atomic mass is 9.97. The fourth-order valence-electron chi connectivity index (χ4n) is 5.94. The van der Waals surface area contributed by atoms with E-state index in [-0.39, 0.29) is 0 Å². The van der Waals surface area contributed by atoms with Gasteiger partial charge < -0.3 is 0 Å². The number of pyridine rings is 3. The van der Waals surface area contributed by atoms with Crippen LogP contribution in [0.25, 0.3) is 87.5 Å². The second kappa shape index (κ2) is 10.4. The van der Waals surface area contributed by atoms with Gasteiger partial charge in [-0.1, -0.05) is 84.9 Å². The molecule has 0 aliphatic rings. The SMILES string of the molecule is c1ccc(-c2nc(-c3ccc(-c4nc5ccccc5c5c4ccc4c6ccccc6sc45)cc3)nc(-c3ccccn3)n2)nc1. The van der Waals surface area contributed by atoms with Crippen molar-refractivity contribution in [1.82, 2.24) is 29.9 Å². The minimum atomic E-state index is 0.500. The molecule has 7 heteroatoms. The van der Waals surface area contributed by atoms with Crippen LogP contribution in [0.3, 0.4) is 0 Å². The van der Waals surface area contributed by atoms with Crippen LogP contribution in [0.4, 0.5) is 0 Å². The monoisotopic (exact) mass is 594 g/mol. The van der Waals surface area contributed by atoms with Gasteiger partial charge in [-0.2, -0.15) is 0 Å². The first kappa shape index (κ1) is 25.6. The molecule has 0 unspecified atom stereocenters. The summed E-state index contributed by atoms with van der Waals surface area (Å²) in [5, 5.41) is 6.12. The number of hydrogen-bond donors (Lipinski definition) is 0. The molecule has 9 aromatic rings. The van der Waals surface area contributed by atoms with Crippen molar-refractivity contribution in [3.63, 3.8) is 0 Å². The molecule has 5 aromatic heterocycles. The standard InChI is InChI=1S/C38H22N6S/c1-3-11-29-27(10-1)33-28(20-19-26-25-9-2-4-14-32(25)45-35(26)33)34(41-29)23-15-17-24(18-16-23)36-42-37(30-12-5-7-21-39-30)44-38(43-36)31-13-6-8-22-40-31/h1-22H. The topological polar surface area (TPSA) is 77.3 Å². The fraction of sp³-hybridized carbons (Fsp3) is 0. The van der Waals surface area contributed by atoms with Crippen molar-refractivity contribution < 1.29 is 0 Å². The molecule has 0 aliphatic carbocycles. The summed E-state index contributed by atoms with van der Waals surface area (Å²) >= 11 is 1.85. The molecule has 5 heterocycles. The molecule has 9 rings (SSSR count). The Labute approximate surface area is 261 Å². The van der Waals surface area contributed by atoms with Gasteiger partial charge in [-0.15, -0.1) is 11.3 Å². The van der Waals surface area contributed by atoms with E-state index in [0.29, 0.717) is 28.9 Å². The van der Waals surface area contributed by atoms with E-state index in [1.54, 1.807) is 12.4 Å². The Hall–Kier alpha value is -5.92. The molecule has 0 aliphatic heterocycles. The van der Waals surface area contributed by atoms with Crippen molar-refractivity contribution in [2.24, 2.45) is 0 Å². The van der Waals surface area contributed by atoms with Crippen LogP contribution >= 0.6 is 11.3 Å². The Morgan fingerprint density at radius 1 is 0.422 bits per heavy atom. The van der Waals surface area contributed by atoms with Crippen LogP contribution in [0, 0.1) is 0 Å². The van der Waals surface area contributed by atoms with Crippen molar-refractivity contribution >= 4 is 53.2 Å². The highest BCUT2D eigenvalue weighted by Gasteiger charge is 2.17. The average molecular weight is 595 g/mol. The molecule has 4 aromatic carbocycles.